The Bertz CT molecular complexity index is 359. The summed E-state index contributed by atoms with van der Waals surface area (Å²) in [5.74, 6) is 0.0840. The van der Waals surface area contributed by atoms with Crippen molar-refractivity contribution in [3.63, 3.8) is 0 Å². The van der Waals surface area contributed by atoms with E-state index in [9.17, 15) is 4.39 Å². The number of nitrogens with two attached hydrogens (primary N) is 1. The summed E-state index contributed by atoms with van der Waals surface area (Å²) in [5, 5.41) is 8.99. The summed E-state index contributed by atoms with van der Waals surface area (Å²) in [6, 6.07) is 6.42. The fourth-order valence-electron chi connectivity index (χ4n) is 2.19. The van der Waals surface area contributed by atoms with E-state index >= 15 is 0 Å². The van der Waals surface area contributed by atoms with Gasteiger partial charge in [-0.1, -0.05) is 6.07 Å². The summed E-state index contributed by atoms with van der Waals surface area (Å²) < 4.78 is 13.1. The molecule has 0 saturated carbocycles. The van der Waals surface area contributed by atoms with Crippen LogP contribution in [-0.4, -0.2) is 30.8 Å². The van der Waals surface area contributed by atoms with Crippen molar-refractivity contribution < 1.29 is 9.50 Å². The molecule has 2 unspecified atom stereocenters. The monoisotopic (exact) mass is 224 g/mol. The van der Waals surface area contributed by atoms with Gasteiger partial charge in [0.05, 0.1) is 6.61 Å². The molecule has 1 aliphatic heterocycles. The minimum absolute atomic E-state index is 0.0155. The number of hydrogen-bond acceptors (Lipinski definition) is 3. The van der Waals surface area contributed by atoms with Crippen LogP contribution in [0.4, 0.5) is 10.1 Å². The molecule has 0 aliphatic carbocycles. The zero-order chi connectivity index (χ0) is 11.5. The van der Waals surface area contributed by atoms with E-state index in [1.807, 2.05) is 6.07 Å². The molecule has 3 nitrogen and oxygen atoms in total. The first kappa shape index (κ1) is 11.4. The molecule has 1 aromatic rings. The highest BCUT2D eigenvalue weighted by atomic mass is 19.1. The molecule has 1 aromatic carbocycles. The van der Waals surface area contributed by atoms with Crippen LogP contribution in [0.25, 0.3) is 0 Å². The van der Waals surface area contributed by atoms with Gasteiger partial charge in [-0.15, -0.1) is 0 Å². The molecule has 1 saturated heterocycles. The van der Waals surface area contributed by atoms with Crippen LogP contribution in [0.2, 0.25) is 0 Å². The van der Waals surface area contributed by atoms with Gasteiger partial charge in [-0.3, -0.25) is 0 Å². The molecule has 3 N–H and O–H groups in total. The number of anilines is 1. The van der Waals surface area contributed by atoms with Crippen LogP contribution in [0.1, 0.15) is 6.42 Å². The molecule has 2 atom stereocenters. The van der Waals surface area contributed by atoms with Gasteiger partial charge in [0.25, 0.3) is 0 Å². The van der Waals surface area contributed by atoms with Gasteiger partial charge < -0.3 is 15.7 Å². The van der Waals surface area contributed by atoms with Crippen LogP contribution in [0.15, 0.2) is 24.3 Å². The average molecular weight is 224 g/mol. The van der Waals surface area contributed by atoms with Crippen molar-refractivity contribution in [2.24, 2.45) is 11.7 Å². The molecule has 0 bridgehead atoms. The Morgan fingerprint density at radius 3 is 3.06 bits per heavy atom. The quantitative estimate of drug-likeness (QED) is 0.804. The topological polar surface area (TPSA) is 49.5 Å². The van der Waals surface area contributed by atoms with Crippen molar-refractivity contribution in [3.8, 4) is 0 Å². The largest absolute Gasteiger partial charge is 0.395 e. The average Bonchev–Trinajstić information content (AvgIpc) is 2.77. The highest BCUT2D eigenvalue weighted by Crippen LogP contribution is 2.25. The molecular formula is C12H17FN2O. The third kappa shape index (κ3) is 2.33. The van der Waals surface area contributed by atoms with Crippen molar-refractivity contribution in [3.05, 3.63) is 30.1 Å². The van der Waals surface area contributed by atoms with Gasteiger partial charge in [-0.05, 0) is 30.5 Å². The maximum absolute atomic E-state index is 13.1. The molecule has 0 amide bonds. The van der Waals surface area contributed by atoms with Crippen LogP contribution < -0.4 is 10.6 Å². The molecule has 88 valence electrons. The van der Waals surface area contributed by atoms with Gasteiger partial charge in [-0.2, -0.15) is 0 Å². The first-order chi connectivity index (χ1) is 7.70. The van der Waals surface area contributed by atoms with Gasteiger partial charge in [0, 0.05) is 24.8 Å². The zero-order valence-electron chi connectivity index (χ0n) is 9.14. The maximum atomic E-state index is 13.1. The van der Waals surface area contributed by atoms with Crippen LogP contribution >= 0.6 is 0 Å². The summed E-state index contributed by atoms with van der Waals surface area (Å²) in [6.45, 7) is 1.69. The molecular weight excluding hydrogens is 207 g/mol. The summed E-state index contributed by atoms with van der Waals surface area (Å²) in [6.07, 6.45) is 0.957. The first-order valence-corrected chi connectivity index (χ1v) is 5.57. The molecule has 0 spiro atoms. The van der Waals surface area contributed by atoms with E-state index in [0.29, 0.717) is 5.92 Å². The smallest absolute Gasteiger partial charge is 0.125 e. The van der Waals surface area contributed by atoms with Gasteiger partial charge in [-0.25, -0.2) is 4.39 Å². The van der Waals surface area contributed by atoms with Crippen LogP contribution in [0.3, 0.4) is 0 Å². The molecule has 2 rings (SSSR count). The van der Waals surface area contributed by atoms with Crippen molar-refractivity contribution in [1.82, 2.24) is 0 Å². The van der Waals surface area contributed by atoms with Crippen molar-refractivity contribution in [2.75, 3.05) is 24.6 Å². The fourth-order valence-corrected chi connectivity index (χ4v) is 2.19. The summed E-state index contributed by atoms with van der Waals surface area (Å²) in [7, 11) is 0. The number of halogens is 1. The van der Waals surface area contributed by atoms with E-state index in [-0.39, 0.29) is 18.5 Å². The summed E-state index contributed by atoms with van der Waals surface area (Å²) in [4.78, 5) is 2.11. The van der Waals surface area contributed by atoms with E-state index in [1.54, 1.807) is 6.07 Å². The number of rotatable bonds is 3. The Morgan fingerprint density at radius 1 is 1.56 bits per heavy atom. The Hall–Kier alpha value is -1.13. The lowest BCUT2D eigenvalue weighted by molar-refractivity contribution is 0.233. The SMILES string of the molecule is NC(CO)C1CCN(c2cccc(F)c2)C1. The van der Waals surface area contributed by atoms with Crippen molar-refractivity contribution in [1.29, 1.82) is 0 Å². The molecule has 4 heteroatoms. The number of hydrogen-bond donors (Lipinski definition) is 2. The molecule has 1 heterocycles. The van der Waals surface area contributed by atoms with Gasteiger partial charge in [0.1, 0.15) is 5.82 Å². The number of nitrogens with zero attached hydrogens (tertiary/aromatic N) is 1. The Balaban J connectivity index is 2.03. The molecule has 0 radical (unpaired) electrons. The minimum atomic E-state index is -0.215. The van der Waals surface area contributed by atoms with Gasteiger partial charge >= 0.3 is 0 Å². The lowest BCUT2D eigenvalue weighted by Crippen LogP contribution is -2.35. The first-order valence-electron chi connectivity index (χ1n) is 5.57. The van der Waals surface area contributed by atoms with Crippen LogP contribution in [-0.2, 0) is 0 Å². The second kappa shape index (κ2) is 4.80. The van der Waals surface area contributed by atoms with E-state index in [2.05, 4.69) is 4.90 Å². The third-order valence-electron chi connectivity index (χ3n) is 3.21. The predicted molar refractivity (Wildman–Crippen MR) is 61.8 cm³/mol. The molecule has 1 fully saturated rings. The maximum Gasteiger partial charge on any atom is 0.125 e. The normalized spacial score (nSPS) is 22.4. The Kier molecular flexibility index (Phi) is 3.41. The number of benzene rings is 1. The summed E-state index contributed by atoms with van der Waals surface area (Å²) >= 11 is 0. The third-order valence-corrected chi connectivity index (χ3v) is 3.21. The van der Waals surface area contributed by atoms with Crippen LogP contribution in [0.5, 0.6) is 0 Å². The van der Waals surface area contributed by atoms with E-state index in [4.69, 9.17) is 10.8 Å². The molecule has 16 heavy (non-hydrogen) atoms. The van der Waals surface area contributed by atoms with Crippen molar-refractivity contribution >= 4 is 5.69 Å². The lowest BCUT2D eigenvalue weighted by Gasteiger charge is -2.20. The Labute approximate surface area is 94.7 Å². The predicted octanol–water partition coefficient (Wildman–Crippen LogP) is 0.972. The standard InChI is InChI=1S/C12H17FN2O/c13-10-2-1-3-11(6-10)15-5-4-9(7-15)12(14)8-16/h1-3,6,9,12,16H,4-5,7-8,14H2. The zero-order valence-corrected chi connectivity index (χ0v) is 9.14. The second-order valence-corrected chi connectivity index (χ2v) is 4.32. The highest BCUT2D eigenvalue weighted by Gasteiger charge is 2.27. The van der Waals surface area contributed by atoms with Crippen LogP contribution in [0, 0.1) is 11.7 Å². The lowest BCUT2D eigenvalue weighted by atomic mass is 10.0. The second-order valence-electron chi connectivity index (χ2n) is 4.32. The number of aliphatic hydroxyl groups is 1. The van der Waals surface area contributed by atoms with E-state index in [1.165, 1.54) is 12.1 Å². The number of aliphatic hydroxyl groups excluding tert-OH is 1. The van der Waals surface area contributed by atoms with E-state index < -0.39 is 0 Å². The van der Waals surface area contributed by atoms with Gasteiger partial charge in [0.15, 0.2) is 0 Å². The van der Waals surface area contributed by atoms with Gasteiger partial charge in [0.2, 0.25) is 0 Å². The summed E-state index contributed by atoms with van der Waals surface area (Å²) in [5.41, 5.74) is 6.69. The fraction of sp³-hybridized carbons (Fsp3) is 0.500. The highest BCUT2D eigenvalue weighted by molar-refractivity contribution is 5.47. The molecule has 1 aliphatic rings. The Morgan fingerprint density at radius 2 is 2.38 bits per heavy atom. The minimum Gasteiger partial charge on any atom is -0.395 e. The van der Waals surface area contributed by atoms with E-state index in [0.717, 1.165) is 25.2 Å². The molecule has 0 aromatic heterocycles. The van der Waals surface area contributed by atoms with Crippen molar-refractivity contribution in [2.45, 2.75) is 12.5 Å².